The third-order valence-corrected chi connectivity index (χ3v) is 8.26. The first-order chi connectivity index (χ1) is 18.1. The second-order valence-electron chi connectivity index (χ2n) is 10.4. The average Bonchev–Trinajstić information content (AvgIpc) is 3.08. The fourth-order valence-corrected chi connectivity index (χ4v) is 6.03. The molecule has 0 aliphatic carbocycles. The third-order valence-electron chi connectivity index (χ3n) is 8.26. The monoisotopic (exact) mass is 504 g/mol. The highest BCUT2D eigenvalue weighted by Gasteiger charge is 2.36. The topological polar surface area (TPSA) is 83.1 Å². The van der Waals surface area contributed by atoms with Crippen molar-refractivity contribution in [3.8, 4) is 5.75 Å². The van der Waals surface area contributed by atoms with Gasteiger partial charge in [0.15, 0.2) is 0 Å². The lowest BCUT2D eigenvalue weighted by Gasteiger charge is -2.47. The standard InChI is InChI=1S/C28H36N6O3/c1-3-23-26-27(29-18-30-28(26)33-11-13-36-14-12-33)31-22-15-20(5-6-24(22)37-23)19-7-9-32(10-8-19)21-16-34(17-21)25(35)4-2/h4-6,15,18-19,21,23H,2-3,7-14,16-17H2,1H3,(H,29,30,31)/t23-/m1/s1. The van der Waals surface area contributed by atoms with E-state index in [1.165, 1.54) is 11.6 Å². The molecule has 1 amide bonds. The number of hydrogen-bond donors (Lipinski definition) is 1. The quantitative estimate of drug-likeness (QED) is 0.620. The van der Waals surface area contributed by atoms with Gasteiger partial charge in [-0.15, -0.1) is 0 Å². The molecule has 0 unspecified atom stereocenters. The van der Waals surface area contributed by atoms with E-state index >= 15 is 0 Å². The van der Waals surface area contributed by atoms with Crippen LogP contribution in [0.4, 0.5) is 17.3 Å². The van der Waals surface area contributed by atoms with Crippen LogP contribution in [-0.2, 0) is 9.53 Å². The number of fused-ring (bicyclic) bond motifs is 2. The Kier molecular flexibility index (Phi) is 6.73. The summed E-state index contributed by atoms with van der Waals surface area (Å²) in [5, 5.41) is 3.60. The molecule has 0 spiro atoms. The summed E-state index contributed by atoms with van der Waals surface area (Å²) < 4.78 is 12.1. The molecule has 4 aliphatic heterocycles. The van der Waals surface area contributed by atoms with Crippen molar-refractivity contribution in [2.75, 3.05) is 62.7 Å². The molecule has 3 saturated heterocycles. The lowest BCUT2D eigenvalue weighted by atomic mass is 9.88. The van der Waals surface area contributed by atoms with Gasteiger partial charge in [0.05, 0.1) is 24.5 Å². The van der Waals surface area contributed by atoms with Crippen molar-refractivity contribution in [3.05, 3.63) is 48.3 Å². The molecule has 6 rings (SSSR count). The molecular weight excluding hydrogens is 468 g/mol. The minimum Gasteiger partial charge on any atom is -0.483 e. The van der Waals surface area contributed by atoms with Gasteiger partial charge in [-0.25, -0.2) is 9.97 Å². The van der Waals surface area contributed by atoms with Crippen LogP contribution in [-0.4, -0.2) is 84.2 Å². The lowest BCUT2D eigenvalue weighted by Crippen LogP contribution is -2.61. The van der Waals surface area contributed by atoms with Crippen LogP contribution in [0, 0.1) is 0 Å². The van der Waals surface area contributed by atoms with E-state index in [-0.39, 0.29) is 12.0 Å². The summed E-state index contributed by atoms with van der Waals surface area (Å²) in [4.78, 5) is 27.8. The summed E-state index contributed by atoms with van der Waals surface area (Å²) in [7, 11) is 0. The van der Waals surface area contributed by atoms with E-state index in [1.807, 2.05) is 4.90 Å². The maximum atomic E-state index is 11.8. The van der Waals surface area contributed by atoms with Gasteiger partial charge in [-0.05, 0) is 62.0 Å². The molecule has 3 fully saturated rings. The number of benzene rings is 1. The number of morpholine rings is 1. The van der Waals surface area contributed by atoms with Crippen LogP contribution in [0.15, 0.2) is 37.2 Å². The van der Waals surface area contributed by atoms with Crippen molar-refractivity contribution in [3.63, 3.8) is 0 Å². The van der Waals surface area contributed by atoms with E-state index in [0.29, 0.717) is 25.2 Å². The Morgan fingerprint density at radius 2 is 1.95 bits per heavy atom. The van der Waals surface area contributed by atoms with E-state index < -0.39 is 0 Å². The van der Waals surface area contributed by atoms with Crippen LogP contribution in [0.3, 0.4) is 0 Å². The normalized spacial score (nSPS) is 22.7. The van der Waals surface area contributed by atoms with Gasteiger partial charge < -0.3 is 24.6 Å². The number of likely N-dealkylation sites (tertiary alicyclic amines) is 2. The summed E-state index contributed by atoms with van der Waals surface area (Å²) in [6.07, 6.45) is 6.00. The minimum atomic E-state index is -0.119. The summed E-state index contributed by atoms with van der Waals surface area (Å²) in [5.74, 6) is 3.18. The van der Waals surface area contributed by atoms with Crippen molar-refractivity contribution in [2.45, 2.75) is 44.2 Å². The van der Waals surface area contributed by atoms with Crippen molar-refractivity contribution < 1.29 is 14.3 Å². The fourth-order valence-electron chi connectivity index (χ4n) is 6.03. The molecule has 0 saturated carbocycles. The number of aromatic nitrogens is 2. The Labute approximate surface area is 218 Å². The Balaban J connectivity index is 1.17. The van der Waals surface area contributed by atoms with Gasteiger partial charge in [-0.1, -0.05) is 19.6 Å². The molecule has 1 atom stereocenters. The predicted molar refractivity (Wildman–Crippen MR) is 143 cm³/mol. The second kappa shape index (κ2) is 10.3. The zero-order valence-corrected chi connectivity index (χ0v) is 21.6. The first kappa shape index (κ1) is 24.2. The number of anilines is 3. The zero-order chi connectivity index (χ0) is 25.4. The largest absolute Gasteiger partial charge is 0.483 e. The Morgan fingerprint density at radius 3 is 2.68 bits per heavy atom. The first-order valence-corrected chi connectivity index (χ1v) is 13.5. The van der Waals surface area contributed by atoms with Gasteiger partial charge in [-0.3, -0.25) is 9.69 Å². The van der Waals surface area contributed by atoms with Crippen LogP contribution >= 0.6 is 0 Å². The highest BCUT2D eigenvalue weighted by Crippen LogP contribution is 2.44. The second-order valence-corrected chi connectivity index (χ2v) is 10.4. The SMILES string of the molecule is C=CC(=O)N1CC(N2CCC(c3ccc4c(c3)Nc3ncnc(N5CCOCC5)c3[C@@H](CC)O4)CC2)C1. The molecule has 1 N–H and O–H groups in total. The average molecular weight is 505 g/mol. The number of carbonyl (C=O) groups excluding carboxylic acids is 1. The number of nitrogens with one attached hydrogen (secondary N) is 1. The van der Waals surface area contributed by atoms with E-state index in [0.717, 1.165) is 87.2 Å². The Bertz CT molecular complexity index is 1150. The van der Waals surface area contributed by atoms with Gasteiger partial charge in [0.25, 0.3) is 0 Å². The number of amides is 1. The molecule has 0 radical (unpaired) electrons. The fraction of sp³-hybridized carbons (Fsp3) is 0.536. The number of ether oxygens (including phenoxy) is 2. The molecule has 0 bridgehead atoms. The van der Waals surface area contributed by atoms with Crippen LogP contribution < -0.4 is 15.0 Å². The van der Waals surface area contributed by atoms with Gasteiger partial charge >= 0.3 is 0 Å². The number of hydrogen-bond acceptors (Lipinski definition) is 8. The molecule has 1 aromatic carbocycles. The van der Waals surface area contributed by atoms with E-state index in [2.05, 4.69) is 56.8 Å². The molecule has 9 nitrogen and oxygen atoms in total. The summed E-state index contributed by atoms with van der Waals surface area (Å²) in [6, 6.07) is 7.08. The number of carbonyl (C=O) groups is 1. The molecule has 196 valence electrons. The van der Waals surface area contributed by atoms with Crippen molar-refractivity contribution >= 4 is 23.2 Å². The summed E-state index contributed by atoms with van der Waals surface area (Å²) in [6.45, 7) is 12.6. The van der Waals surface area contributed by atoms with Gasteiger partial charge in [0.1, 0.15) is 29.8 Å². The maximum Gasteiger partial charge on any atom is 0.246 e. The summed E-state index contributed by atoms with van der Waals surface area (Å²) in [5.41, 5.74) is 3.34. The van der Waals surface area contributed by atoms with Crippen LogP contribution in [0.25, 0.3) is 0 Å². The lowest BCUT2D eigenvalue weighted by molar-refractivity contribution is -0.133. The smallest absolute Gasteiger partial charge is 0.246 e. The van der Waals surface area contributed by atoms with Crippen molar-refractivity contribution in [2.24, 2.45) is 0 Å². The zero-order valence-electron chi connectivity index (χ0n) is 21.6. The minimum absolute atomic E-state index is 0.0417. The van der Waals surface area contributed by atoms with Gasteiger partial charge in [-0.2, -0.15) is 0 Å². The maximum absolute atomic E-state index is 11.8. The molecule has 4 aliphatic rings. The van der Waals surface area contributed by atoms with Crippen LogP contribution in [0.1, 0.15) is 49.3 Å². The third kappa shape index (κ3) is 4.66. The summed E-state index contributed by atoms with van der Waals surface area (Å²) >= 11 is 0. The molecule has 9 heteroatoms. The van der Waals surface area contributed by atoms with Crippen LogP contribution in [0.2, 0.25) is 0 Å². The number of piperidine rings is 1. The molecular formula is C28H36N6O3. The predicted octanol–water partition coefficient (Wildman–Crippen LogP) is 3.48. The van der Waals surface area contributed by atoms with Crippen molar-refractivity contribution in [1.82, 2.24) is 19.8 Å². The highest BCUT2D eigenvalue weighted by atomic mass is 16.5. The van der Waals surface area contributed by atoms with Crippen molar-refractivity contribution in [1.29, 1.82) is 0 Å². The Hall–Kier alpha value is -3.17. The molecule has 2 aromatic rings. The number of rotatable bonds is 5. The highest BCUT2D eigenvalue weighted by molar-refractivity contribution is 5.87. The van der Waals surface area contributed by atoms with Gasteiger partial charge in [0, 0.05) is 32.2 Å². The molecule has 37 heavy (non-hydrogen) atoms. The van der Waals surface area contributed by atoms with E-state index in [1.54, 1.807) is 6.33 Å². The Morgan fingerprint density at radius 1 is 1.16 bits per heavy atom. The molecule has 5 heterocycles. The van der Waals surface area contributed by atoms with Gasteiger partial charge in [0.2, 0.25) is 5.91 Å². The van der Waals surface area contributed by atoms with E-state index in [4.69, 9.17) is 9.47 Å². The molecule has 1 aromatic heterocycles. The number of nitrogens with zero attached hydrogens (tertiary/aromatic N) is 5. The van der Waals surface area contributed by atoms with E-state index in [9.17, 15) is 4.79 Å². The van der Waals surface area contributed by atoms with Crippen LogP contribution in [0.5, 0.6) is 5.75 Å². The first-order valence-electron chi connectivity index (χ1n) is 13.5.